The summed E-state index contributed by atoms with van der Waals surface area (Å²) in [6.45, 7) is 6.66. The molecule has 0 radical (unpaired) electrons. The molecule has 1 aromatic carbocycles. The standard InChI is InChI=1S/C16H22N2O3S/c1-11(2)21-14-6-4-13(5-7-14)12(3)17-15(19)10-18-8-9-22-16(18)20/h4-7,11-12H,8-10H2,1-3H3,(H,17,19). The van der Waals surface area contributed by atoms with Crippen LogP contribution in [0.2, 0.25) is 0 Å². The molecule has 1 fully saturated rings. The second-order valence-corrected chi connectivity index (χ2v) is 6.61. The maximum Gasteiger partial charge on any atom is 0.282 e. The zero-order valence-electron chi connectivity index (χ0n) is 13.2. The number of thioether (sulfide) groups is 1. The third kappa shape index (κ3) is 4.66. The van der Waals surface area contributed by atoms with Gasteiger partial charge in [-0.2, -0.15) is 0 Å². The summed E-state index contributed by atoms with van der Waals surface area (Å²) in [4.78, 5) is 25.1. The van der Waals surface area contributed by atoms with Gasteiger partial charge in [0.15, 0.2) is 0 Å². The Labute approximate surface area is 135 Å². The molecular formula is C16H22N2O3S. The van der Waals surface area contributed by atoms with Gasteiger partial charge in [0.25, 0.3) is 5.24 Å². The maximum absolute atomic E-state index is 12.0. The molecule has 0 saturated carbocycles. The van der Waals surface area contributed by atoms with Gasteiger partial charge in [-0.3, -0.25) is 9.59 Å². The van der Waals surface area contributed by atoms with Crippen molar-refractivity contribution in [2.24, 2.45) is 0 Å². The minimum Gasteiger partial charge on any atom is -0.491 e. The molecule has 0 aliphatic carbocycles. The number of carbonyl (C=O) groups excluding carboxylic acids is 2. The number of nitrogens with zero attached hydrogens (tertiary/aromatic N) is 1. The van der Waals surface area contributed by atoms with E-state index in [1.54, 1.807) is 4.90 Å². The number of benzene rings is 1. The van der Waals surface area contributed by atoms with Gasteiger partial charge in [0.2, 0.25) is 5.91 Å². The number of rotatable bonds is 6. The van der Waals surface area contributed by atoms with Crippen LogP contribution in [0.25, 0.3) is 0 Å². The number of nitrogens with one attached hydrogen (secondary N) is 1. The maximum atomic E-state index is 12.0. The van der Waals surface area contributed by atoms with Gasteiger partial charge in [0.05, 0.1) is 12.1 Å². The lowest BCUT2D eigenvalue weighted by molar-refractivity contribution is -0.122. The van der Waals surface area contributed by atoms with Crippen molar-refractivity contribution in [1.82, 2.24) is 10.2 Å². The highest BCUT2D eigenvalue weighted by Crippen LogP contribution is 2.19. The molecule has 1 unspecified atom stereocenters. The van der Waals surface area contributed by atoms with Crippen molar-refractivity contribution in [3.05, 3.63) is 29.8 Å². The number of hydrogen-bond donors (Lipinski definition) is 1. The number of amides is 2. The Morgan fingerprint density at radius 2 is 2.00 bits per heavy atom. The predicted octanol–water partition coefficient (Wildman–Crippen LogP) is 2.82. The normalized spacial score (nSPS) is 16.0. The van der Waals surface area contributed by atoms with Crippen LogP contribution in [0.5, 0.6) is 5.75 Å². The highest BCUT2D eigenvalue weighted by molar-refractivity contribution is 8.13. The van der Waals surface area contributed by atoms with Crippen LogP contribution in [0.15, 0.2) is 24.3 Å². The van der Waals surface area contributed by atoms with Crippen LogP contribution in [0, 0.1) is 0 Å². The molecule has 1 atom stereocenters. The molecule has 2 rings (SSSR count). The third-order valence-electron chi connectivity index (χ3n) is 3.31. The molecule has 0 spiro atoms. The van der Waals surface area contributed by atoms with Gasteiger partial charge in [-0.25, -0.2) is 0 Å². The minimum absolute atomic E-state index is 0.0157. The fourth-order valence-corrected chi connectivity index (χ4v) is 3.05. The Hall–Kier alpha value is -1.69. The fourth-order valence-electron chi connectivity index (χ4n) is 2.22. The first-order valence-electron chi connectivity index (χ1n) is 7.43. The van der Waals surface area contributed by atoms with Gasteiger partial charge in [-0.05, 0) is 38.5 Å². The van der Waals surface area contributed by atoms with E-state index in [-0.39, 0.29) is 29.8 Å². The van der Waals surface area contributed by atoms with Gasteiger partial charge in [0, 0.05) is 12.3 Å². The average Bonchev–Trinajstić information content (AvgIpc) is 2.84. The van der Waals surface area contributed by atoms with Crippen LogP contribution < -0.4 is 10.1 Å². The molecule has 22 heavy (non-hydrogen) atoms. The van der Waals surface area contributed by atoms with Crippen molar-refractivity contribution in [3.63, 3.8) is 0 Å². The topological polar surface area (TPSA) is 58.6 Å². The molecule has 6 heteroatoms. The molecule has 2 amide bonds. The number of ether oxygens (including phenoxy) is 1. The molecule has 0 bridgehead atoms. The highest BCUT2D eigenvalue weighted by atomic mass is 32.2. The summed E-state index contributed by atoms with van der Waals surface area (Å²) in [5.41, 5.74) is 1.01. The Morgan fingerprint density at radius 1 is 1.32 bits per heavy atom. The van der Waals surface area contributed by atoms with Crippen molar-refractivity contribution in [3.8, 4) is 5.75 Å². The Kier molecular flexibility index (Phi) is 5.71. The summed E-state index contributed by atoms with van der Waals surface area (Å²) >= 11 is 1.26. The number of hydrogen-bond acceptors (Lipinski definition) is 4. The van der Waals surface area contributed by atoms with E-state index in [2.05, 4.69) is 5.32 Å². The van der Waals surface area contributed by atoms with E-state index in [9.17, 15) is 9.59 Å². The second kappa shape index (κ2) is 7.54. The van der Waals surface area contributed by atoms with Gasteiger partial charge in [-0.15, -0.1) is 0 Å². The largest absolute Gasteiger partial charge is 0.491 e. The Morgan fingerprint density at radius 3 is 2.55 bits per heavy atom. The first-order valence-corrected chi connectivity index (χ1v) is 8.42. The van der Waals surface area contributed by atoms with E-state index in [1.807, 2.05) is 45.0 Å². The average molecular weight is 322 g/mol. The third-order valence-corrected chi connectivity index (χ3v) is 4.20. The summed E-state index contributed by atoms with van der Waals surface area (Å²) in [5.74, 6) is 1.45. The monoisotopic (exact) mass is 322 g/mol. The summed E-state index contributed by atoms with van der Waals surface area (Å²) < 4.78 is 5.60. The van der Waals surface area contributed by atoms with Crippen LogP contribution in [-0.2, 0) is 4.79 Å². The van der Waals surface area contributed by atoms with Crippen molar-refractivity contribution < 1.29 is 14.3 Å². The predicted molar refractivity (Wildman–Crippen MR) is 88.2 cm³/mol. The van der Waals surface area contributed by atoms with Crippen LogP contribution in [0.3, 0.4) is 0 Å². The summed E-state index contributed by atoms with van der Waals surface area (Å²) in [6, 6.07) is 7.59. The molecule has 0 aromatic heterocycles. The lowest BCUT2D eigenvalue weighted by Gasteiger charge is -2.18. The molecule has 5 nitrogen and oxygen atoms in total. The van der Waals surface area contributed by atoms with Gasteiger partial charge >= 0.3 is 0 Å². The Bertz CT molecular complexity index is 531. The van der Waals surface area contributed by atoms with Crippen molar-refractivity contribution in [1.29, 1.82) is 0 Å². The van der Waals surface area contributed by atoms with E-state index < -0.39 is 0 Å². The van der Waals surface area contributed by atoms with Crippen LogP contribution in [-0.4, -0.2) is 41.0 Å². The second-order valence-electron chi connectivity index (χ2n) is 5.56. The highest BCUT2D eigenvalue weighted by Gasteiger charge is 2.23. The van der Waals surface area contributed by atoms with E-state index in [0.717, 1.165) is 17.1 Å². The molecule has 1 heterocycles. The number of carbonyl (C=O) groups is 2. The summed E-state index contributed by atoms with van der Waals surface area (Å²) in [5, 5.41) is 2.91. The SMILES string of the molecule is CC(C)Oc1ccc(C(C)NC(=O)CN2CCSC2=O)cc1. The molecular weight excluding hydrogens is 300 g/mol. The van der Waals surface area contributed by atoms with Crippen molar-refractivity contribution in [2.75, 3.05) is 18.8 Å². The van der Waals surface area contributed by atoms with Gasteiger partial charge < -0.3 is 15.0 Å². The summed E-state index contributed by atoms with van der Waals surface area (Å²) in [7, 11) is 0. The molecule has 1 N–H and O–H groups in total. The first-order chi connectivity index (χ1) is 10.5. The smallest absolute Gasteiger partial charge is 0.282 e. The van der Waals surface area contributed by atoms with Crippen molar-refractivity contribution in [2.45, 2.75) is 32.9 Å². The van der Waals surface area contributed by atoms with E-state index in [4.69, 9.17) is 4.74 Å². The quantitative estimate of drug-likeness (QED) is 0.875. The van der Waals surface area contributed by atoms with E-state index >= 15 is 0 Å². The molecule has 1 aliphatic heterocycles. The minimum atomic E-state index is -0.133. The molecule has 1 aliphatic rings. The Balaban J connectivity index is 1.86. The first kappa shape index (κ1) is 16.7. The lowest BCUT2D eigenvalue weighted by atomic mass is 10.1. The lowest BCUT2D eigenvalue weighted by Crippen LogP contribution is -2.38. The van der Waals surface area contributed by atoms with Crippen LogP contribution >= 0.6 is 11.8 Å². The molecule has 1 aromatic rings. The van der Waals surface area contributed by atoms with Crippen molar-refractivity contribution >= 4 is 22.9 Å². The summed E-state index contributed by atoms with van der Waals surface area (Å²) in [6.07, 6.45) is 0.138. The van der Waals surface area contributed by atoms with E-state index in [0.29, 0.717) is 6.54 Å². The molecule has 1 saturated heterocycles. The zero-order chi connectivity index (χ0) is 16.1. The van der Waals surface area contributed by atoms with Crippen LogP contribution in [0.1, 0.15) is 32.4 Å². The fraction of sp³-hybridized carbons (Fsp3) is 0.500. The molecule has 120 valence electrons. The van der Waals surface area contributed by atoms with Gasteiger partial charge in [0.1, 0.15) is 12.3 Å². The van der Waals surface area contributed by atoms with Crippen LogP contribution in [0.4, 0.5) is 4.79 Å². The zero-order valence-corrected chi connectivity index (χ0v) is 14.0. The van der Waals surface area contributed by atoms with E-state index in [1.165, 1.54) is 11.8 Å². The van der Waals surface area contributed by atoms with Gasteiger partial charge in [-0.1, -0.05) is 23.9 Å².